The first kappa shape index (κ1) is 22.6. The molecule has 0 N–H and O–H groups in total. The Morgan fingerprint density at radius 1 is 0.724 bits per heavy atom. The van der Waals surface area contributed by atoms with Crippen molar-refractivity contribution in [2.24, 2.45) is 17.8 Å². The average Bonchev–Trinajstić information content (AvgIpc) is 2.76. The predicted octanol–water partition coefficient (Wildman–Crippen LogP) is 8.72. The lowest BCUT2D eigenvalue weighted by Crippen LogP contribution is -2.17. The van der Waals surface area contributed by atoms with Crippen LogP contribution in [0.25, 0.3) is 0 Å². The maximum absolute atomic E-state index is 12.8. The highest BCUT2D eigenvalue weighted by Gasteiger charge is 2.24. The number of benzene rings is 1. The molecule has 1 aromatic rings. The zero-order valence-corrected chi connectivity index (χ0v) is 19.1. The molecule has 0 bridgehead atoms. The van der Waals surface area contributed by atoms with Crippen molar-refractivity contribution in [2.75, 3.05) is 0 Å². The third-order valence-corrected chi connectivity index (χ3v) is 7.90. The summed E-state index contributed by atoms with van der Waals surface area (Å²) in [5.74, 6) is 3.60. The van der Waals surface area contributed by atoms with E-state index in [1.807, 2.05) is 0 Å². The summed E-state index contributed by atoms with van der Waals surface area (Å²) >= 11 is 0. The Hall–Kier alpha value is -1.11. The predicted molar refractivity (Wildman–Crippen MR) is 125 cm³/mol. The number of unbranched alkanes of at least 4 members (excludes halogenated alkanes) is 2. The summed E-state index contributed by atoms with van der Waals surface area (Å²) < 4.78 is 0. The summed E-state index contributed by atoms with van der Waals surface area (Å²) in [7, 11) is 0. The largest absolute Gasteiger partial charge is 0.294 e. The molecule has 162 valence electrons. The standard InChI is InChI=1S/C28H44O/c1-3-5-6-8-23-9-11-24(12-10-23)21-28(29)27-19-17-26(18-20-27)25-15-13-22(7-4-2)14-16-25/h17-20,22-25H,3-16,21H2,1-2H3/t22-,23-,24-,25-. The minimum atomic E-state index is 0.373. The second-order valence-electron chi connectivity index (χ2n) is 10.1. The Morgan fingerprint density at radius 2 is 1.31 bits per heavy atom. The minimum absolute atomic E-state index is 0.373. The van der Waals surface area contributed by atoms with Crippen molar-refractivity contribution in [2.45, 2.75) is 116 Å². The van der Waals surface area contributed by atoms with Gasteiger partial charge < -0.3 is 0 Å². The molecule has 1 nitrogen and oxygen atoms in total. The molecule has 3 rings (SSSR count). The van der Waals surface area contributed by atoms with Crippen molar-refractivity contribution in [3.8, 4) is 0 Å². The van der Waals surface area contributed by atoms with Crippen LogP contribution < -0.4 is 0 Å². The molecule has 0 radical (unpaired) electrons. The van der Waals surface area contributed by atoms with Crippen LogP contribution in [-0.4, -0.2) is 5.78 Å². The Kier molecular flexibility index (Phi) is 9.28. The van der Waals surface area contributed by atoms with E-state index in [4.69, 9.17) is 0 Å². The molecule has 1 heteroatoms. The van der Waals surface area contributed by atoms with Crippen LogP contribution in [-0.2, 0) is 0 Å². The van der Waals surface area contributed by atoms with Gasteiger partial charge in [-0.05, 0) is 67.8 Å². The average molecular weight is 397 g/mol. The molecule has 0 saturated heterocycles. The van der Waals surface area contributed by atoms with Crippen LogP contribution in [0.3, 0.4) is 0 Å². The molecule has 29 heavy (non-hydrogen) atoms. The fourth-order valence-electron chi connectivity index (χ4n) is 5.92. The van der Waals surface area contributed by atoms with Crippen LogP contribution in [0.4, 0.5) is 0 Å². The van der Waals surface area contributed by atoms with Gasteiger partial charge >= 0.3 is 0 Å². The number of carbonyl (C=O) groups excluding carboxylic acids is 1. The molecule has 2 aliphatic carbocycles. The minimum Gasteiger partial charge on any atom is -0.294 e. The van der Waals surface area contributed by atoms with E-state index in [-0.39, 0.29) is 0 Å². The number of ketones is 1. The first-order valence-corrected chi connectivity index (χ1v) is 12.8. The summed E-state index contributed by atoms with van der Waals surface area (Å²) in [6.45, 7) is 4.59. The molecule has 0 heterocycles. The normalized spacial score (nSPS) is 27.7. The van der Waals surface area contributed by atoms with Gasteiger partial charge in [0.15, 0.2) is 5.78 Å². The molecule has 1 aromatic carbocycles. The van der Waals surface area contributed by atoms with Gasteiger partial charge in [-0.2, -0.15) is 0 Å². The van der Waals surface area contributed by atoms with Crippen LogP contribution in [0, 0.1) is 17.8 Å². The Bertz CT molecular complexity index is 585. The Morgan fingerprint density at radius 3 is 1.93 bits per heavy atom. The number of rotatable bonds is 10. The third kappa shape index (κ3) is 6.97. The van der Waals surface area contributed by atoms with Crippen molar-refractivity contribution in [1.29, 1.82) is 0 Å². The highest BCUT2D eigenvalue weighted by molar-refractivity contribution is 5.96. The second-order valence-corrected chi connectivity index (χ2v) is 10.1. The van der Waals surface area contributed by atoms with Crippen molar-refractivity contribution in [3.05, 3.63) is 35.4 Å². The van der Waals surface area contributed by atoms with Crippen molar-refractivity contribution < 1.29 is 4.79 Å². The van der Waals surface area contributed by atoms with Crippen LogP contribution >= 0.6 is 0 Å². The van der Waals surface area contributed by atoms with E-state index in [1.54, 1.807) is 0 Å². The summed E-state index contributed by atoms with van der Waals surface area (Å²) in [6.07, 6.45) is 19.7. The summed E-state index contributed by atoms with van der Waals surface area (Å²) in [5, 5.41) is 0. The molecule has 2 aliphatic rings. The van der Waals surface area contributed by atoms with Crippen molar-refractivity contribution in [1.82, 2.24) is 0 Å². The van der Waals surface area contributed by atoms with Crippen molar-refractivity contribution in [3.63, 3.8) is 0 Å². The first-order valence-electron chi connectivity index (χ1n) is 12.8. The Labute approximate surface area is 180 Å². The van der Waals surface area contributed by atoms with Crippen LogP contribution in [0.2, 0.25) is 0 Å². The van der Waals surface area contributed by atoms with E-state index in [0.717, 1.165) is 29.7 Å². The first-order chi connectivity index (χ1) is 14.2. The highest BCUT2D eigenvalue weighted by atomic mass is 16.1. The molecule has 2 fully saturated rings. The molecule has 0 spiro atoms. The maximum atomic E-state index is 12.8. The second kappa shape index (κ2) is 11.9. The summed E-state index contributed by atoms with van der Waals surface area (Å²) in [4.78, 5) is 12.8. The van der Waals surface area contributed by atoms with E-state index >= 15 is 0 Å². The van der Waals surface area contributed by atoms with Gasteiger partial charge in [0, 0.05) is 12.0 Å². The Balaban J connectivity index is 1.42. The fourth-order valence-corrected chi connectivity index (χ4v) is 5.92. The topological polar surface area (TPSA) is 17.1 Å². The smallest absolute Gasteiger partial charge is 0.163 e. The zero-order chi connectivity index (χ0) is 20.5. The third-order valence-electron chi connectivity index (χ3n) is 7.90. The molecular weight excluding hydrogens is 352 g/mol. The highest BCUT2D eigenvalue weighted by Crippen LogP contribution is 2.38. The number of hydrogen-bond donors (Lipinski definition) is 0. The number of Topliss-reactive ketones (excluding diaryl/α,β-unsaturated/α-hetero) is 1. The zero-order valence-electron chi connectivity index (χ0n) is 19.1. The maximum Gasteiger partial charge on any atom is 0.163 e. The number of hydrogen-bond acceptors (Lipinski definition) is 1. The molecule has 0 amide bonds. The summed E-state index contributed by atoms with van der Waals surface area (Å²) in [5.41, 5.74) is 2.41. The molecule has 0 unspecified atom stereocenters. The van der Waals surface area contributed by atoms with Gasteiger partial charge in [-0.25, -0.2) is 0 Å². The fraction of sp³-hybridized carbons (Fsp3) is 0.750. The van der Waals surface area contributed by atoms with Gasteiger partial charge in [0.2, 0.25) is 0 Å². The van der Waals surface area contributed by atoms with E-state index < -0.39 is 0 Å². The van der Waals surface area contributed by atoms with Gasteiger partial charge in [-0.1, -0.05) is 89.5 Å². The van der Waals surface area contributed by atoms with Gasteiger partial charge in [-0.15, -0.1) is 0 Å². The molecule has 2 saturated carbocycles. The van der Waals surface area contributed by atoms with Crippen LogP contribution in [0.15, 0.2) is 24.3 Å². The SMILES string of the molecule is CCCCC[C@H]1CC[C@H](CC(=O)c2ccc([C@H]3CC[C@H](CCC)CC3)cc2)CC1. The van der Waals surface area contributed by atoms with Gasteiger partial charge in [0.1, 0.15) is 0 Å². The van der Waals surface area contributed by atoms with Crippen molar-refractivity contribution >= 4 is 5.78 Å². The van der Waals surface area contributed by atoms with Gasteiger partial charge in [0.25, 0.3) is 0 Å². The molecular formula is C28H44O. The van der Waals surface area contributed by atoms with Crippen LogP contribution in [0.5, 0.6) is 0 Å². The molecule has 0 atom stereocenters. The lowest BCUT2D eigenvalue weighted by molar-refractivity contribution is 0.0941. The lowest BCUT2D eigenvalue weighted by Gasteiger charge is -2.29. The monoisotopic (exact) mass is 396 g/mol. The number of carbonyl (C=O) groups is 1. The molecule has 0 aromatic heterocycles. The quantitative estimate of drug-likeness (QED) is 0.285. The molecule has 0 aliphatic heterocycles. The van der Waals surface area contributed by atoms with E-state index in [2.05, 4.69) is 38.1 Å². The summed E-state index contributed by atoms with van der Waals surface area (Å²) in [6, 6.07) is 8.74. The lowest BCUT2D eigenvalue weighted by atomic mass is 9.76. The van der Waals surface area contributed by atoms with Crippen LogP contribution in [0.1, 0.15) is 132 Å². The van der Waals surface area contributed by atoms with E-state index in [0.29, 0.717) is 11.7 Å². The van der Waals surface area contributed by atoms with Gasteiger partial charge in [0.05, 0.1) is 0 Å². The van der Waals surface area contributed by atoms with E-state index in [1.165, 1.54) is 95.5 Å². The van der Waals surface area contributed by atoms with Gasteiger partial charge in [-0.3, -0.25) is 4.79 Å². The van der Waals surface area contributed by atoms with E-state index in [9.17, 15) is 4.79 Å².